The lowest BCUT2D eigenvalue weighted by Crippen LogP contribution is -2.41. The Morgan fingerprint density at radius 2 is 1.91 bits per heavy atom. The van der Waals surface area contributed by atoms with E-state index >= 15 is 0 Å². The minimum absolute atomic E-state index is 0.147. The van der Waals surface area contributed by atoms with E-state index in [9.17, 15) is 9.90 Å². The van der Waals surface area contributed by atoms with Crippen molar-refractivity contribution in [2.45, 2.75) is 32.3 Å². The minimum atomic E-state index is -0.801. The number of para-hydroxylation sites is 1. The molecule has 0 bridgehead atoms. The number of hydrogen-bond acceptors (Lipinski definition) is 3. The molecule has 4 heteroatoms. The van der Waals surface area contributed by atoms with Crippen molar-refractivity contribution in [3.8, 4) is 0 Å². The Balaban J connectivity index is 2.30. The standard InChI is InChI=1S/C18H26N2O2/c1-4-11-19-12-9-15-7-5-6-8-16(15)20(13-10-17(19)21)14-18(2,3)22/h4-8,22H,1,9-14H2,2-3H3. The third-order valence-electron chi connectivity index (χ3n) is 3.86. The van der Waals surface area contributed by atoms with E-state index < -0.39 is 5.60 Å². The first-order chi connectivity index (χ1) is 10.4. The van der Waals surface area contributed by atoms with E-state index in [1.165, 1.54) is 5.56 Å². The van der Waals surface area contributed by atoms with Crippen LogP contribution in [-0.4, -0.2) is 47.7 Å². The van der Waals surface area contributed by atoms with Gasteiger partial charge in [-0.3, -0.25) is 4.79 Å². The number of hydrogen-bond donors (Lipinski definition) is 1. The van der Waals surface area contributed by atoms with Gasteiger partial charge in [0, 0.05) is 38.3 Å². The second-order valence-electron chi connectivity index (χ2n) is 6.49. The van der Waals surface area contributed by atoms with E-state index in [2.05, 4.69) is 23.6 Å². The Morgan fingerprint density at radius 1 is 1.23 bits per heavy atom. The molecule has 1 aliphatic rings. The van der Waals surface area contributed by atoms with Crippen LogP contribution in [0.15, 0.2) is 36.9 Å². The van der Waals surface area contributed by atoms with Crippen molar-refractivity contribution in [3.05, 3.63) is 42.5 Å². The number of carbonyl (C=O) groups excluding carboxylic acids is 1. The molecule has 0 spiro atoms. The van der Waals surface area contributed by atoms with Gasteiger partial charge in [-0.2, -0.15) is 0 Å². The number of β-amino-alcohol motifs (C(OH)–C–C–N with tert-alkyl or cyclic N) is 1. The highest BCUT2D eigenvalue weighted by Gasteiger charge is 2.24. The lowest BCUT2D eigenvalue weighted by Gasteiger charge is -2.31. The molecule has 1 N–H and O–H groups in total. The van der Waals surface area contributed by atoms with Crippen molar-refractivity contribution < 1.29 is 9.90 Å². The van der Waals surface area contributed by atoms with Gasteiger partial charge in [0.15, 0.2) is 0 Å². The van der Waals surface area contributed by atoms with Gasteiger partial charge in [0.1, 0.15) is 0 Å². The Labute approximate surface area is 133 Å². The Kier molecular flexibility index (Phi) is 5.24. The lowest BCUT2D eigenvalue weighted by atomic mass is 10.1. The smallest absolute Gasteiger partial charge is 0.224 e. The van der Waals surface area contributed by atoms with Gasteiger partial charge >= 0.3 is 0 Å². The van der Waals surface area contributed by atoms with Crippen LogP contribution in [0.25, 0.3) is 0 Å². The van der Waals surface area contributed by atoms with Gasteiger partial charge in [-0.25, -0.2) is 0 Å². The quantitative estimate of drug-likeness (QED) is 0.867. The van der Waals surface area contributed by atoms with Crippen LogP contribution < -0.4 is 4.90 Å². The van der Waals surface area contributed by atoms with Crippen LogP contribution in [0.5, 0.6) is 0 Å². The van der Waals surface area contributed by atoms with Crippen LogP contribution in [0.4, 0.5) is 5.69 Å². The fraction of sp³-hybridized carbons (Fsp3) is 0.500. The molecule has 0 saturated heterocycles. The molecule has 0 atom stereocenters. The molecule has 0 aliphatic carbocycles. The maximum absolute atomic E-state index is 12.4. The monoisotopic (exact) mass is 302 g/mol. The summed E-state index contributed by atoms with van der Waals surface area (Å²) in [6.07, 6.45) is 3.05. The van der Waals surface area contributed by atoms with Gasteiger partial charge in [0.25, 0.3) is 0 Å². The maximum atomic E-state index is 12.4. The SMILES string of the molecule is C=CCN1CCc2ccccc2N(CC(C)(C)O)CCC1=O. The van der Waals surface area contributed by atoms with Crippen LogP contribution >= 0.6 is 0 Å². The number of nitrogens with zero attached hydrogens (tertiary/aromatic N) is 2. The highest BCUT2D eigenvalue weighted by molar-refractivity contribution is 5.77. The summed E-state index contributed by atoms with van der Waals surface area (Å²) in [5.41, 5.74) is 1.54. The van der Waals surface area contributed by atoms with Gasteiger partial charge < -0.3 is 14.9 Å². The molecule has 2 rings (SSSR count). The van der Waals surface area contributed by atoms with E-state index in [0.29, 0.717) is 32.6 Å². The first-order valence-electron chi connectivity index (χ1n) is 7.84. The van der Waals surface area contributed by atoms with Crippen LogP contribution in [0.2, 0.25) is 0 Å². The Morgan fingerprint density at radius 3 is 2.59 bits per heavy atom. The Hall–Kier alpha value is -1.81. The predicted octanol–water partition coefficient (Wildman–Crippen LogP) is 2.22. The molecule has 0 fully saturated rings. The van der Waals surface area contributed by atoms with E-state index in [4.69, 9.17) is 0 Å². The van der Waals surface area contributed by atoms with E-state index in [1.54, 1.807) is 19.9 Å². The molecular formula is C18H26N2O2. The van der Waals surface area contributed by atoms with Crippen molar-refractivity contribution in [2.75, 3.05) is 31.1 Å². The number of carbonyl (C=O) groups is 1. The van der Waals surface area contributed by atoms with Gasteiger partial charge in [-0.05, 0) is 31.9 Å². The van der Waals surface area contributed by atoms with E-state index in [0.717, 1.165) is 12.1 Å². The second kappa shape index (κ2) is 6.97. The molecular weight excluding hydrogens is 276 g/mol. The first kappa shape index (κ1) is 16.6. The van der Waals surface area contributed by atoms with Crippen molar-refractivity contribution in [1.82, 2.24) is 4.90 Å². The van der Waals surface area contributed by atoms with Crippen molar-refractivity contribution in [1.29, 1.82) is 0 Å². The third-order valence-corrected chi connectivity index (χ3v) is 3.86. The van der Waals surface area contributed by atoms with Gasteiger partial charge in [-0.1, -0.05) is 24.3 Å². The molecule has 1 aromatic carbocycles. The molecule has 1 amide bonds. The van der Waals surface area contributed by atoms with Crippen LogP contribution in [0, 0.1) is 0 Å². The largest absolute Gasteiger partial charge is 0.389 e. The zero-order chi connectivity index (χ0) is 16.2. The van der Waals surface area contributed by atoms with Crippen LogP contribution in [0.3, 0.4) is 0 Å². The summed E-state index contributed by atoms with van der Waals surface area (Å²) >= 11 is 0. The second-order valence-corrected chi connectivity index (χ2v) is 6.49. The average molecular weight is 302 g/mol. The lowest BCUT2D eigenvalue weighted by molar-refractivity contribution is -0.130. The summed E-state index contributed by atoms with van der Waals surface area (Å²) < 4.78 is 0. The van der Waals surface area contributed by atoms with Crippen molar-refractivity contribution in [2.24, 2.45) is 0 Å². The van der Waals surface area contributed by atoms with Crippen molar-refractivity contribution >= 4 is 11.6 Å². The summed E-state index contributed by atoms with van der Waals surface area (Å²) in [5, 5.41) is 10.2. The molecule has 1 heterocycles. The van der Waals surface area contributed by atoms with Gasteiger partial charge in [-0.15, -0.1) is 6.58 Å². The molecule has 0 unspecified atom stereocenters. The summed E-state index contributed by atoms with van der Waals surface area (Å²) in [7, 11) is 0. The number of amides is 1. The summed E-state index contributed by atoms with van der Waals surface area (Å²) in [4.78, 5) is 16.3. The third kappa shape index (κ3) is 4.34. The number of aliphatic hydroxyl groups is 1. The first-order valence-corrected chi connectivity index (χ1v) is 7.84. The van der Waals surface area contributed by atoms with Crippen LogP contribution in [-0.2, 0) is 11.2 Å². The minimum Gasteiger partial charge on any atom is -0.389 e. The molecule has 1 aliphatic heterocycles. The maximum Gasteiger partial charge on any atom is 0.224 e. The summed E-state index contributed by atoms with van der Waals surface area (Å²) in [6, 6.07) is 8.22. The number of fused-ring (bicyclic) bond motifs is 1. The molecule has 120 valence electrons. The molecule has 1 aromatic rings. The molecule has 4 nitrogen and oxygen atoms in total. The van der Waals surface area contributed by atoms with Crippen LogP contribution in [0.1, 0.15) is 25.8 Å². The normalized spacial score (nSPS) is 16.6. The number of rotatable bonds is 4. The summed E-state index contributed by atoms with van der Waals surface area (Å²) in [6.45, 7) is 9.76. The highest BCUT2D eigenvalue weighted by Crippen LogP contribution is 2.25. The van der Waals surface area contributed by atoms with Gasteiger partial charge in [0.2, 0.25) is 5.91 Å². The Bertz CT molecular complexity index is 534. The molecule has 0 aromatic heterocycles. The highest BCUT2D eigenvalue weighted by atomic mass is 16.3. The fourth-order valence-electron chi connectivity index (χ4n) is 2.90. The van der Waals surface area contributed by atoms with Gasteiger partial charge in [0.05, 0.1) is 5.60 Å². The fourth-order valence-corrected chi connectivity index (χ4v) is 2.90. The molecule has 0 radical (unpaired) electrons. The van der Waals surface area contributed by atoms with Crippen molar-refractivity contribution in [3.63, 3.8) is 0 Å². The summed E-state index contributed by atoms with van der Waals surface area (Å²) in [5.74, 6) is 0.147. The zero-order valence-corrected chi connectivity index (χ0v) is 13.6. The molecule has 0 saturated carbocycles. The number of benzene rings is 1. The molecule has 22 heavy (non-hydrogen) atoms. The number of anilines is 1. The predicted molar refractivity (Wildman–Crippen MR) is 90.1 cm³/mol. The van der Waals surface area contributed by atoms with E-state index in [-0.39, 0.29) is 5.91 Å². The topological polar surface area (TPSA) is 43.8 Å². The van der Waals surface area contributed by atoms with E-state index in [1.807, 2.05) is 17.0 Å². The zero-order valence-electron chi connectivity index (χ0n) is 13.6. The average Bonchev–Trinajstić information content (AvgIpc) is 2.51.